The molecule has 0 amide bonds. The van der Waals surface area contributed by atoms with Crippen LogP contribution in [0.3, 0.4) is 0 Å². The van der Waals surface area contributed by atoms with E-state index in [0.29, 0.717) is 16.5 Å². The van der Waals surface area contributed by atoms with Crippen molar-refractivity contribution in [3.8, 4) is 0 Å². The molecule has 4 heteroatoms. The highest BCUT2D eigenvalue weighted by molar-refractivity contribution is 5.88. The zero-order chi connectivity index (χ0) is 14.6. The Kier molecular flexibility index (Phi) is 2.96. The molecule has 0 radical (unpaired) electrons. The number of fused-ring (bicyclic) bond motifs is 2. The molecule has 21 heavy (non-hydrogen) atoms. The fourth-order valence-corrected chi connectivity index (χ4v) is 3.51. The first-order valence-corrected chi connectivity index (χ1v) is 7.67. The number of aromatic nitrogens is 1. The van der Waals surface area contributed by atoms with E-state index in [9.17, 15) is 8.78 Å². The van der Waals surface area contributed by atoms with E-state index in [-0.39, 0.29) is 5.92 Å². The van der Waals surface area contributed by atoms with Crippen molar-refractivity contribution >= 4 is 10.9 Å². The summed E-state index contributed by atoms with van der Waals surface area (Å²) in [6.07, 6.45) is 3.65. The molecule has 110 valence electrons. The van der Waals surface area contributed by atoms with Crippen molar-refractivity contribution in [2.24, 2.45) is 0 Å². The van der Waals surface area contributed by atoms with Crippen LogP contribution in [0.4, 0.5) is 8.78 Å². The molecule has 1 aromatic carbocycles. The van der Waals surface area contributed by atoms with Crippen molar-refractivity contribution in [2.75, 3.05) is 13.1 Å². The minimum atomic E-state index is -0.475. The first-order valence-electron chi connectivity index (χ1n) is 7.67. The van der Waals surface area contributed by atoms with Gasteiger partial charge >= 0.3 is 0 Å². The third kappa shape index (κ3) is 2.04. The largest absolute Gasteiger partial charge is 0.316 e. The molecule has 4 rings (SSSR count). The van der Waals surface area contributed by atoms with E-state index in [1.807, 2.05) is 6.92 Å². The summed E-state index contributed by atoms with van der Waals surface area (Å²) in [5, 5.41) is 3.87. The maximum atomic E-state index is 14.3. The van der Waals surface area contributed by atoms with Gasteiger partial charge in [-0.15, -0.1) is 0 Å². The van der Waals surface area contributed by atoms with Gasteiger partial charge in [0.15, 0.2) is 0 Å². The van der Waals surface area contributed by atoms with Gasteiger partial charge in [0, 0.05) is 35.7 Å². The lowest BCUT2D eigenvalue weighted by Gasteiger charge is -2.15. The van der Waals surface area contributed by atoms with E-state index in [1.165, 1.54) is 0 Å². The zero-order valence-corrected chi connectivity index (χ0v) is 12.1. The van der Waals surface area contributed by atoms with Gasteiger partial charge in [0.25, 0.3) is 0 Å². The standard InChI is InChI=1S/C17H18F2N2/c1-9-11-4-6-20-7-5-14(11)21-17-15(9)12(18)8-13(19)16(17)10-2-3-10/h8,10,20H,2-7H2,1H3. The Morgan fingerprint density at radius 1 is 1.14 bits per heavy atom. The first kappa shape index (κ1) is 13.1. The highest BCUT2D eigenvalue weighted by atomic mass is 19.1. The number of pyridine rings is 1. The Morgan fingerprint density at radius 3 is 2.67 bits per heavy atom. The number of benzene rings is 1. The van der Waals surface area contributed by atoms with Crippen molar-refractivity contribution in [1.82, 2.24) is 10.3 Å². The van der Waals surface area contributed by atoms with E-state index in [2.05, 4.69) is 5.32 Å². The molecule has 2 aromatic rings. The van der Waals surface area contributed by atoms with Gasteiger partial charge in [0.05, 0.1) is 5.52 Å². The van der Waals surface area contributed by atoms with Crippen molar-refractivity contribution in [2.45, 2.75) is 38.5 Å². The number of halogens is 2. The van der Waals surface area contributed by atoms with Crippen LogP contribution in [-0.2, 0) is 12.8 Å². The Morgan fingerprint density at radius 2 is 1.90 bits per heavy atom. The summed E-state index contributed by atoms with van der Waals surface area (Å²) in [6.45, 7) is 3.71. The third-order valence-electron chi connectivity index (χ3n) is 4.74. The number of nitrogens with zero attached hydrogens (tertiary/aromatic N) is 1. The van der Waals surface area contributed by atoms with Gasteiger partial charge in [-0.2, -0.15) is 0 Å². The average Bonchev–Trinajstić information content (AvgIpc) is 3.24. The van der Waals surface area contributed by atoms with Crippen LogP contribution in [0.1, 0.15) is 41.1 Å². The summed E-state index contributed by atoms with van der Waals surface area (Å²) in [5.74, 6) is -0.681. The molecule has 2 nitrogen and oxygen atoms in total. The minimum absolute atomic E-state index is 0.224. The van der Waals surface area contributed by atoms with Crippen LogP contribution in [0.15, 0.2) is 6.07 Å². The number of hydrogen-bond donors (Lipinski definition) is 1. The summed E-state index contributed by atoms with van der Waals surface area (Å²) in [7, 11) is 0. The summed E-state index contributed by atoms with van der Waals surface area (Å²) in [4.78, 5) is 4.70. The molecule has 0 bridgehead atoms. The van der Waals surface area contributed by atoms with E-state index in [4.69, 9.17) is 4.98 Å². The molecule has 0 saturated heterocycles. The van der Waals surface area contributed by atoms with E-state index >= 15 is 0 Å². The normalized spacial score (nSPS) is 18.6. The predicted octanol–water partition coefficient (Wildman–Crippen LogP) is 3.39. The Hall–Kier alpha value is -1.55. The fourth-order valence-electron chi connectivity index (χ4n) is 3.51. The third-order valence-corrected chi connectivity index (χ3v) is 4.74. The molecule has 1 aliphatic carbocycles. The monoisotopic (exact) mass is 288 g/mol. The lowest BCUT2D eigenvalue weighted by molar-refractivity contribution is 0.580. The summed E-state index contributed by atoms with van der Waals surface area (Å²) in [6, 6.07) is 1.05. The number of hydrogen-bond acceptors (Lipinski definition) is 2. The SMILES string of the molecule is Cc1c2c(nc3c(C4CC4)c(F)cc(F)c13)CCNCC2. The smallest absolute Gasteiger partial charge is 0.135 e. The number of nitrogens with one attached hydrogen (secondary N) is 1. The summed E-state index contributed by atoms with van der Waals surface area (Å²) in [5.41, 5.74) is 4.29. The molecule has 1 aromatic heterocycles. The van der Waals surface area contributed by atoms with Crippen LogP contribution in [0.25, 0.3) is 10.9 Å². The second-order valence-corrected chi connectivity index (χ2v) is 6.16. The van der Waals surface area contributed by atoms with Crippen LogP contribution in [0, 0.1) is 18.6 Å². The zero-order valence-electron chi connectivity index (χ0n) is 12.1. The Bertz CT molecular complexity index is 736. The molecule has 2 heterocycles. The molecule has 0 unspecified atom stereocenters. The van der Waals surface area contributed by atoms with Crippen LogP contribution < -0.4 is 5.32 Å². The number of rotatable bonds is 1. The van der Waals surface area contributed by atoms with Crippen LogP contribution in [-0.4, -0.2) is 18.1 Å². The molecule has 1 aliphatic heterocycles. The van der Waals surface area contributed by atoms with E-state index in [1.54, 1.807) is 0 Å². The summed E-state index contributed by atoms with van der Waals surface area (Å²) < 4.78 is 28.6. The van der Waals surface area contributed by atoms with Gasteiger partial charge in [-0.25, -0.2) is 8.78 Å². The second-order valence-electron chi connectivity index (χ2n) is 6.16. The maximum Gasteiger partial charge on any atom is 0.135 e. The van der Waals surface area contributed by atoms with Gasteiger partial charge < -0.3 is 5.32 Å². The average molecular weight is 288 g/mol. The van der Waals surface area contributed by atoms with Crippen molar-refractivity contribution in [1.29, 1.82) is 0 Å². The van der Waals surface area contributed by atoms with Gasteiger partial charge in [0.2, 0.25) is 0 Å². The highest BCUT2D eigenvalue weighted by Gasteiger charge is 2.31. The summed E-state index contributed by atoms with van der Waals surface area (Å²) >= 11 is 0. The van der Waals surface area contributed by atoms with Gasteiger partial charge in [0.1, 0.15) is 11.6 Å². The predicted molar refractivity (Wildman–Crippen MR) is 78.6 cm³/mol. The molecule has 0 spiro atoms. The topological polar surface area (TPSA) is 24.9 Å². The van der Waals surface area contributed by atoms with Crippen LogP contribution >= 0.6 is 0 Å². The molecule has 1 N–H and O–H groups in total. The Labute approximate surface area is 122 Å². The van der Waals surface area contributed by atoms with Crippen molar-refractivity contribution in [3.63, 3.8) is 0 Å². The maximum absolute atomic E-state index is 14.3. The van der Waals surface area contributed by atoms with Crippen molar-refractivity contribution in [3.05, 3.63) is 40.1 Å². The second kappa shape index (κ2) is 4.73. The fraction of sp³-hybridized carbons (Fsp3) is 0.471. The highest BCUT2D eigenvalue weighted by Crippen LogP contribution is 2.45. The lowest BCUT2D eigenvalue weighted by atomic mass is 9.95. The molecule has 1 saturated carbocycles. The van der Waals surface area contributed by atoms with Gasteiger partial charge in [-0.1, -0.05) is 0 Å². The van der Waals surface area contributed by atoms with E-state index in [0.717, 1.165) is 61.7 Å². The minimum Gasteiger partial charge on any atom is -0.316 e. The molecule has 0 atom stereocenters. The van der Waals surface area contributed by atoms with E-state index < -0.39 is 11.6 Å². The number of aryl methyl sites for hydroxylation is 1. The van der Waals surface area contributed by atoms with Gasteiger partial charge in [-0.3, -0.25) is 4.98 Å². The molecule has 1 fully saturated rings. The first-order chi connectivity index (χ1) is 10.2. The Balaban J connectivity index is 2.07. The van der Waals surface area contributed by atoms with Gasteiger partial charge in [-0.05, 0) is 49.8 Å². The van der Waals surface area contributed by atoms with Crippen LogP contribution in [0.5, 0.6) is 0 Å². The molecular weight excluding hydrogens is 270 g/mol. The quantitative estimate of drug-likeness (QED) is 0.870. The lowest BCUT2D eigenvalue weighted by Crippen LogP contribution is -2.16. The van der Waals surface area contributed by atoms with Crippen molar-refractivity contribution < 1.29 is 8.78 Å². The van der Waals surface area contributed by atoms with Crippen LogP contribution in [0.2, 0.25) is 0 Å². The molecular formula is C17H18F2N2. The molecule has 2 aliphatic rings.